The molecule has 4 heteroatoms. The molecule has 2 aromatic heterocycles. The normalized spacial score (nSPS) is 16.7. The molecule has 0 atom stereocenters. The highest BCUT2D eigenvalue weighted by Gasteiger charge is 2.18. The van der Waals surface area contributed by atoms with Crippen LogP contribution in [0.1, 0.15) is 55.3 Å². The van der Waals surface area contributed by atoms with E-state index in [1.165, 1.54) is 32.1 Å². The average molecular weight is 271 g/mol. The first-order valence-corrected chi connectivity index (χ1v) is 7.50. The minimum atomic E-state index is 0.00923. The van der Waals surface area contributed by atoms with Crippen LogP contribution in [0, 0.1) is 12.8 Å². The van der Waals surface area contributed by atoms with Crippen molar-refractivity contribution in [3.05, 3.63) is 23.7 Å². The highest BCUT2D eigenvalue weighted by atomic mass is 16.1. The summed E-state index contributed by atoms with van der Waals surface area (Å²) in [7, 11) is 0. The number of carbonyl (C=O) groups is 1. The second kappa shape index (κ2) is 5.35. The van der Waals surface area contributed by atoms with Gasteiger partial charge in [0.2, 0.25) is 0 Å². The van der Waals surface area contributed by atoms with Crippen molar-refractivity contribution in [2.24, 2.45) is 5.92 Å². The SMILES string of the molecule is CC(=O)c1ccc2nc(C)n(CC3CCCCC3)c2n1. The van der Waals surface area contributed by atoms with Gasteiger partial charge in [0.25, 0.3) is 0 Å². The number of hydrogen-bond donors (Lipinski definition) is 0. The quantitative estimate of drug-likeness (QED) is 0.802. The predicted molar refractivity (Wildman–Crippen MR) is 78.8 cm³/mol. The summed E-state index contributed by atoms with van der Waals surface area (Å²) < 4.78 is 2.19. The van der Waals surface area contributed by atoms with Gasteiger partial charge in [0, 0.05) is 13.5 Å². The highest BCUT2D eigenvalue weighted by Crippen LogP contribution is 2.27. The van der Waals surface area contributed by atoms with Crippen molar-refractivity contribution in [2.45, 2.75) is 52.5 Å². The molecule has 4 nitrogen and oxygen atoms in total. The molecule has 0 aliphatic heterocycles. The van der Waals surface area contributed by atoms with Crippen LogP contribution in [0.3, 0.4) is 0 Å². The van der Waals surface area contributed by atoms with Gasteiger partial charge in [-0.1, -0.05) is 19.3 Å². The van der Waals surface area contributed by atoms with E-state index in [-0.39, 0.29) is 5.78 Å². The van der Waals surface area contributed by atoms with E-state index in [4.69, 9.17) is 0 Å². The smallest absolute Gasteiger partial charge is 0.178 e. The van der Waals surface area contributed by atoms with Crippen molar-refractivity contribution in [1.82, 2.24) is 14.5 Å². The molecule has 3 rings (SSSR count). The number of aromatic nitrogens is 3. The zero-order chi connectivity index (χ0) is 14.1. The molecule has 1 aliphatic carbocycles. The molecule has 0 radical (unpaired) electrons. The van der Waals surface area contributed by atoms with Gasteiger partial charge in [0.1, 0.15) is 17.0 Å². The largest absolute Gasteiger partial charge is 0.313 e. The highest BCUT2D eigenvalue weighted by molar-refractivity contribution is 5.93. The van der Waals surface area contributed by atoms with E-state index in [9.17, 15) is 4.79 Å². The minimum absolute atomic E-state index is 0.00923. The topological polar surface area (TPSA) is 47.8 Å². The van der Waals surface area contributed by atoms with Crippen molar-refractivity contribution in [2.75, 3.05) is 0 Å². The molecule has 0 unspecified atom stereocenters. The Hall–Kier alpha value is -1.71. The lowest BCUT2D eigenvalue weighted by molar-refractivity contribution is 0.101. The Kier molecular flexibility index (Phi) is 3.55. The summed E-state index contributed by atoms with van der Waals surface area (Å²) >= 11 is 0. The lowest BCUT2D eigenvalue weighted by atomic mass is 9.89. The summed E-state index contributed by atoms with van der Waals surface area (Å²) in [5.74, 6) is 1.73. The Morgan fingerprint density at radius 2 is 2.00 bits per heavy atom. The molecule has 20 heavy (non-hydrogen) atoms. The molecule has 0 saturated heterocycles. The summed E-state index contributed by atoms with van der Waals surface area (Å²) in [6.07, 6.45) is 6.63. The van der Waals surface area contributed by atoms with Crippen LogP contribution in [-0.4, -0.2) is 20.3 Å². The van der Waals surface area contributed by atoms with Crippen molar-refractivity contribution in [3.63, 3.8) is 0 Å². The first-order chi connectivity index (χ1) is 9.65. The number of carbonyl (C=O) groups excluding carboxylic acids is 1. The van der Waals surface area contributed by atoms with Gasteiger partial charge in [-0.2, -0.15) is 0 Å². The molecule has 1 saturated carbocycles. The van der Waals surface area contributed by atoms with E-state index in [1.54, 1.807) is 13.0 Å². The van der Waals surface area contributed by atoms with Gasteiger partial charge in [-0.3, -0.25) is 4.79 Å². The van der Waals surface area contributed by atoms with Crippen LogP contribution in [0.25, 0.3) is 11.2 Å². The number of imidazole rings is 1. The third-order valence-corrected chi connectivity index (χ3v) is 4.31. The fourth-order valence-electron chi connectivity index (χ4n) is 3.16. The molecule has 2 heterocycles. The lowest BCUT2D eigenvalue weighted by Crippen LogP contribution is -2.15. The Balaban J connectivity index is 1.97. The maximum Gasteiger partial charge on any atom is 0.178 e. The fourth-order valence-corrected chi connectivity index (χ4v) is 3.16. The zero-order valence-electron chi connectivity index (χ0n) is 12.2. The monoisotopic (exact) mass is 271 g/mol. The van der Waals surface area contributed by atoms with Crippen LogP contribution in [0.15, 0.2) is 12.1 Å². The second-order valence-corrected chi connectivity index (χ2v) is 5.87. The van der Waals surface area contributed by atoms with Gasteiger partial charge in [0.05, 0.1) is 0 Å². The Morgan fingerprint density at radius 3 is 2.70 bits per heavy atom. The van der Waals surface area contributed by atoms with Crippen LogP contribution in [0.5, 0.6) is 0 Å². The molecular formula is C16H21N3O. The van der Waals surface area contributed by atoms with Crippen LogP contribution >= 0.6 is 0 Å². The van der Waals surface area contributed by atoms with Crippen LogP contribution in [-0.2, 0) is 6.54 Å². The van der Waals surface area contributed by atoms with Crippen LogP contribution in [0.4, 0.5) is 0 Å². The number of pyridine rings is 1. The maximum absolute atomic E-state index is 11.5. The van der Waals surface area contributed by atoms with E-state index < -0.39 is 0 Å². The van der Waals surface area contributed by atoms with Gasteiger partial charge >= 0.3 is 0 Å². The average Bonchev–Trinajstić information content (AvgIpc) is 2.75. The first kappa shape index (κ1) is 13.3. The maximum atomic E-state index is 11.5. The molecule has 0 aromatic carbocycles. The molecule has 0 N–H and O–H groups in total. The van der Waals surface area contributed by atoms with Gasteiger partial charge in [0.15, 0.2) is 11.4 Å². The number of ketones is 1. The number of fused-ring (bicyclic) bond motifs is 1. The summed E-state index contributed by atoms with van der Waals surface area (Å²) in [4.78, 5) is 20.6. The minimum Gasteiger partial charge on any atom is -0.313 e. The van der Waals surface area contributed by atoms with Gasteiger partial charge in [-0.05, 0) is 37.8 Å². The molecule has 0 spiro atoms. The summed E-state index contributed by atoms with van der Waals surface area (Å²) in [6.45, 7) is 4.57. The van der Waals surface area contributed by atoms with Crippen LogP contribution in [0.2, 0.25) is 0 Å². The molecule has 1 fully saturated rings. The lowest BCUT2D eigenvalue weighted by Gasteiger charge is -2.22. The number of hydrogen-bond acceptors (Lipinski definition) is 3. The second-order valence-electron chi connectivity index (χ2n) is 5.87. The number of Topliss-reactive ketones (excluding diaryl/α,β-unsaturated/α-hetero) is 1. The van der Waals surface area contributed by atoms with Gasteiger partial charge < -0.3 is 4.57 Å². The van der Waals surface area contributed by atoms with E-state index in [0.717, 1.165) is 29.5 Å². The number of aryl methyl sites for hydroxylation is 1. The molecule has 0 amide bonds. The van der Waals surface area contributed by atoms with Crippen molar-refractivity contribution in [3.8, 4) is 0 Å². The summed E-state index contributed by atoms with van der Waals surface area (Å²) in [5.41, 5.74) is 2.28. The fraction of sp³-hybridized carbons (Fsp3) is 0.562. The standard InChI is InChI=1S/C16H21N3O/c1-11(20)14-8-9-15-16(18-14)19(12(2)17-15)10-13-6-4-3-5-7-13/h8-9,13H,3-7,10H2,1-2H3. The molecule has 2 aromatic rings. The Bertz CT molecular complexity index is 638. The Morgan fingerprint density at radius 1 is 1.25 bits per heavy atom. The van der Waals surface area contributed by atoms with Crippen molar-refractivity contribution < 1.29 is 4.79 Å². The van der Waals surface area contributed by atoms with Crippen molar-refractivity contribution >= 4 is 16.9 Å². The first-order valence-electron chi connectivity index (χ1n) is 7.50. The van der Waals surface area contributed by atoms with Crippen LogP contribution < -0.4 is 0 Å². The third kappa shape index (κ3) is 2.47. The molecule has 106 valence electrons. The third-order valence-electron chi connectivity index (χ3n) is 4.31. The van der Waals surface area contributed by atoms with E-state index in [2.05, 4.69) is 14.5 Å². The molecule has 1 aliphatic rings. The number of nitrogens with zero attached hydrogens (tertiary/aromatic N) is 3. The molecule has 0 bridgehead atoms. The summed E-state index contributed by atoms with van der Waals surface area (Å²) in [5, 5.41) is 0. The van der Waals surface area contributed by atoms with Gasteiger partial charge in [-0.15, -0.1) is 0 Å². The van der Waals surface area contributed by atoms with Crippen molar-refractivity contribution in [1.29, 1.82) is 0 Å². The van der Waals surface area contributed by atoms with E-state index in [0.29, 0.717) is 5.69 Å². The van der Waals surface area contributed by atoms with Gasteiger partial charge in [-0.25, -0.2) is 9.97 Å². The van der Waals surface area contributed by atoms with E-state index >= 15 is 0 Å². The predicted octanol–water partition coefficient (Wildman–Crippen LogP) is 3.52. The van der Waals surface area contributed by atoms with E-state index in [1.807, 2.05) is 13.0 Å². The Labute approximate surface area is 119 Å². The zero-order valence-corrected chi connectivity index (χ0v) is 12.2. The number of rotatable bonds is 3. The summed E-state index contributed by atoms with van der Waals surface area (Å²) in [6, 6.07) is 3.67. The molecular weight excluding hydrogens is 250 g/mol.